The summed E-state index contributed by atoms with van der Waals surface area (Å²) in [6.45, 7) is 4.58. The van der Waals surface area contributed by atoms with Gasteiger partial charge in [-0.15, -0.1) is 0 Å². The summed E-state index contributed by atoms with van der Waals surface area (Å²) < 4.78 is 5.74. The van der Waals surface area contributed by atoms with Crippen LogP contribution < -0.4 is 10.5 Å². The molecular formula is C15H16Cl2N2O. The van der Waals surface area contributed by atoms with E-state index in [1.54, 1.807) is 18.2 Å². The van der Waals surface area contributed by atoms with Crippen LogP contribution >= 0.6 is 23.2 Å². The van der Waals surface area contributed by atoms with Crippen molar-refractivity contribution in [2.24, 2.45) is 5.73 Å². The number of halogens is 2. The number of rotatable bonds is 4. The van der Waals surface area contributed by atoms with E-state index in [9.17, 15) is 0 Å². The van der Waals surface area contributed by atoms with Crippen molar-refractivity contribution in [2.75, 3.05) is 0 Å². The highest BCUT2D eigenvalue weighted by Gasteiger charge is 2.08. The van der Waals surface area contributed by atoms with Gasteiger partial charge in [0.1, 0.15) is 5.75 Å². The smallest absolute Gasteiger partial charge is 0.219 e. The minimum absolute atomic E-state index is 0.298. The van der Waals surface area contributed by atoms with Crippen LogP contribution in [0.1, 0.15) is 31.0 Å². The van der Waals surface area contributed by atoms with Crippen LogP contribution in [0.5, 0.6) is 11.6 Å². The number of benzene rings is 1. The lowest BCUT2D eigenvalue weighted by Gasteiger charge is -2.11. The minimum atomic E-state index is 0.298. The molecule has 1 heterocycles. The van der Waals surface area contributed by atoms with E-state index in [0.29, 0.717) is 34.1 Å². The van der Waals surface area contributed by atoms with E-state index in [0.717, 1.165) is 11.3 Å². The number of nitrogens with zero attached hydrogens (tertiary/aromatic N) is 1. The first kappa shape index (κ1) is 15.1. The molecule has 1 aromatic carbocycles. The van der Waals surface area contributed by atoms with E-state index in [4.69, 9.17) is 33.7 Å². The van der Waals surface area contributed by atoms with Gasteiger partial charge in [-0.05, 0) is 35.7 Å². The summed E-state index contributed by atoms with van der Waals surface area (Å²) in [5.41, 5.74) is 7.62. The molecule has 2 N–H and O–H groups in total. The number of nitrogens with two attached hydrogens (primary N) is 1. The molecule has 106 valence electrons. The second-order valence-corrected chi connectivity index (χ2v) is 5.68. The SMILES string of the molecule is CC(C)c1cc(CN)cc(Oc2cc(Cl)cc(Cl)c2)n1. The third-order valence-corrected chi connectivity index (χ3v) is 3.20. The predicted molar refractivity (Wildman–Crippen MR) is 82.8 cm³/mol. The summed E-state index contributed by atoms with van der Waals surface area (Å²) in [6, 6.07) is 8.85. The fraction of sp³-hybridized carbons (Fsp3) is 0.267. The summed E-state index contributed by atoms with van der Waals surface area (Å²) in [7, 11) is 0. The Bertz CT molecular complexity index is 595. The zero-order valence-corrected chi connectivity index (χ0v) is 12.9. The van der Waals surface area contributed by atoms with Crippen LogP contribution in [0.4, 0.5) is 0 Å². The summed E-state index contributed by atoms with van der Waals surface area (Å²) in [5.74, 6) is 1.35. The van der Waals surface area contributed by atoms with Crippen molar-refractivity contribution < 1.29 is 4.74 Å². The molecule has 0 spiro atoms. The maximum Gasteiger partial charge on any atom is 0.219 e. The molecule has 2 rings (SSSR count). The Hall–Kier alpha value is -1.29. The summed E-state index contributed by atoms with van der Waals surface area (Å²) in [5, 5.41) is 1.04. The summed E-state index contributed by atoms with van der Waals surface area (Å²) in [4.78, 5) is 4.47. The van der Waals surface area contributed by atoms with Crippen LogP contribution in [0.3, 0.4) is 0 Å². The molecule has 0 saturated carbocycles. The lowest BCUT2D eigenvalue weighted by atomic mass is 10.1. The van der Waals surface area contributed by atoms with E-state index >= 15 is 0 Å². The highest BCUT2D eigenvalue weighted by molar-refractivity contribution is 6.34. The lowest BCUT2D eigenvalue weighted by Crippen LogP contribution is -2.02. The first-order valence-corrected chi connectivity index (χ1v) is 7.08. The molecule has 0 amide bonds. The second kappa shape index (κ2) is 6.44. The maximum absolute atomic E-state index is 5.95. The summed E-state index contributed by atoms with van der Waals surface area (Å²) in [6.07, 6.45) is 0. The molecule has 0 saturated heterocycles. The molecule has 0 aliphatic heterocycles. The van der Waals surface area contributed by atoms with E-state index in [2.05, 4.69) is 18.8 Å². The maximum atomic E-state index is 5.95. The molecule has 0 aliphatic carbocycles. The van der Waals surface area contributed by atoms with Gasteiger partial charge in [0.25, 0.3) is 0 Å². The molecule has 1 aromatic heterocycles. The molecule has 5 heteroatoms. The molecular weight excluding hydrogens is 295 g/mol. The zero-order valence-electron chi connectivity index (χ0n) is 11.4. The Morgan fingerprint density at radius 1 is 1.10 bits per heavy atom. The third kappa shape index (κ3) is 3.85. The Labute approximate surface area is 128 Å². The van der Waals surface area contributed by atoms with Gasteiger partial charge in [-0.2, -0.15) is 0 Å². The fourth-order valence-electron chi connectivity index (χ4n) is 1.76. The molecule has 0 bridgehead atoms. The molecule has 0 unspecified atom stereocenters. The number of aromatic nitrogens is 1. The second-order valence-electron chi connectivity index (χ2n) is 4.80. The first-order valence-electron chi connectivity index (χ1n) is 6.33. The number of ether oxygens (including phenoxy) is 1. The monoisotopic (exact) mass is 310 g/mol. The average molecular weight is 311 g/mol. The van der Waals surface area contributed by atoms with Crippen molar-refractivity contribution in [1.29, 1.82) is 0 Å². The standard InChI is InChI=1S/C15H16Cl2N2O/c1-9(2)14-3-10(8-18)4-15(19-14)20-13-6-11(16)5-12(17)7-13/h3-7,9H,8,18H2,1-2H3. The number of hydrogen-bond acceptors (Lipinski definition) is 3. The van der Waals surface area contributed by atoms with Gasteiger partial charge in [-0.1, -0.05) is 37.0 Å². The molecule has 2 aromatic rings. The van der Waals surface area contributed by atoms with Crippen LogP contribution in [0.25, 0.3) is 0 Å². The third-order valence-electron chi connectivity index (χ3n) is 2.77. The van der Waals surface area contributed by atoms with Crippen LogP contribution in [-0.4, -0.2) is 4.98 Å². The van der Waals surface area contributed by atoms with Crippen LogP contribution in [0.15, 0.2) is 30.3 Å². The van der Waals surface area contributed by atoms with Crippen molar-refractivity contribution in [3.05, 3.63) is 51.6 Å². The zero-order chi connectivity index (χ0) is 14.7. The molecule has 3 nitrogen and oxygen atoms in total. The van der Waals surface area contributed by atoms with Crippen LogP contribution in [0, 0.1) is 0 Å². The van der Waals surface area contributed by atoms with Gasteiger partial charge in [0.05, 0.1) is 0 Å². The average Bonchev–Trinajstić information content (AvgIpc) is 2.36. The van der Waals surface area contributed by atoms with Gasteiger partial charge in [-0.25, -0.2) is 4.98 Å². The lowest BCUT2D eigenvalue weighted by molar-refractivity contribution is 0.458. The normalized spacial score (nSPS) is 10.9. The van der Waals surface area contributed by atoms with E-state index in [-0.39, 0.29) is 0 Å². The first-order chi connectivity index (χ1) is 9.47. The van der Waals surface area contributed by atoms with Crippen molar-refractivity contribution in [2.45, 2.75) is 26.3 Å². The Morgan fingerprint density at radius 2 is 1.75 bits per heavy atom. The minimum Gasteiger partial charge on any atom is -0.439 e. The Kier molecular flexibility index (Phi) is 4.86. The van der Waals surface area contributed by atoms with Gasteiger partial charge >= 0.3 is 0 Å². The Morgan fingerprint density at radius 3 is 2.30 bits per heavy atom. The van der Waals surface area contributed by atoms with E-state index in [1.807, 2.05) is 12.1 Å². The van der Waals surface area contributed by atoms with Gasteiger partial charge in [0, 0.05) is 28.4 Å². The van der Waals surface area contributed by atoms with E-state index < -0.39 is 0 Å². The van der Waals surface area contributed by atoms with Crippen molar-refractivity contribution in [3.63, 3.8) is 0 Å². The topological polar surface area (TPSA) is 48.1 Å². The van der Waals surface area contributed by atoms with Gasteiger partial charge in [0.15, 0.2) is 0 Å². The largest absolute Gasteiger partial charge is 0.439 e. The number of pyridine rings is 1. The molecule has 0 aliphatic rings. The highest BCUT2D eigenvalue weighted by Crippen LogP contribution is 2.28. The Balaban J connectivity index is 2.34. The van der Waals surface area contributed by atoms with Crippen molar-refractivity contribution in [1.82, 2.24) is 4.98 Å². The number of hydrogen-bond donors (Lipinski definition) is 1. The van der Waals surface area contributed by atoms with Crippen LogP contribution in [-0.2, 0) is 6.54 Å². The van der Waals surface area contributed by atoms with Gasteiger partial charge < -0.3 is 10.5 Å². The van der Waals surface area contributed by atoms with E-state index in [1.165, 1.54) is 0 Å². The fourth-order valence-corrected chi connectivity index (χ4v) is 2.26. The predicted octanol–water partition coefficient (Wildman–Crippen LogP) is 4.76. The van der Waals surface area contributed by atoms with Crippen molar-refractivity contribution in [3.8, 4) is 11.6 Å². The van der Waals surface area contributed by atoms with Gasteiger partial charge in [0.2, 0.25) is 5.88 Å². The van der Waals surface area contributed by atoms with Gasteiger partial charge in [-0.3, -0.25) is 0 Å². The quantitative estimate of drug-likeness (QED) is 0.885. The molecule has 0 fully saturated rings. The molecule has 0 atom stereocenters. The summed E-state index contributed by atoms with van der Waals surface area (Å²) >= 11 is 11.9. The molecule has 20 heavy (non-hydrogen) atoms. The molecule has 0 radical (unpaired) electrons. The van der Waals surface area contributed by atoms with Crippen LogP contribution in [0.2, 0.25) is 10.0 Å². The van der Waals surface area contributed by atoms with Crippen molar-refractivity contribution >= 4 is 23.2 Å². The highest BCUT2D eigenvalue weighted by atomic mass is 35.5.